The first-order chi connectivity index (χ1) is 12.7. The molecule has 1 atom stereocenters. The van der Waals surface area contributed by atoms with E-state index in [1.807, 2.05) is 13.0 Å². The van der Waals surface area contributed by atoms with E-state index in [1.165, 1.54) is 19.2 Å². The van der Waals surface area contributed by atoms with E-state index in [4.69, 9.17) is 4.74 Å². The maximum atomic E-state index is 12.5. The smallest absolute Gasteiger partial charge is 0.387 e. The Morgan fingerprint density at radius 2 is 1.81 bits per heavy atom. The number of alkyl halides is 2. The van der Waals surface area contributed by atoms with Crippen molar-refractivity contribution in [3.8, 4) is 11.5 Å². The minimum Gasteiger partial charge on any atom is -0.493 e. The van der Waals surface area contributed by atoms with Crippen molar-refractivity contribution in [2.75, 3.05) is 7.11 Å². The molecule has 27 heavy (non-hydrogen) atoms. The van der Waals surface area contributed by atoms with Crippen LogP contribution in [0.2, 0.25) is 0 Å². The van der Waals surface area contributed by atoms with Crippen molar-refractivity contribution in [3.05, 3.63) is 58.7 Å². The topological polar surface area (TPSA) is 84.9 Å². The lowest BCUT2D eigenvalue weighted by atomic mass is 9.97. The molecule has 2 aromatic carbocycles. The monoisotopic (exact) mass is 379 g/mol. The minimum atomic E-state index is -3.10. The van der Waals surface area contributed by atoms with Gasteiger partial charge in [0.15, 0.2) is 17.5 Å². The van der Waals surface area contributed by atoms with Crippen molar-refractivity contribution in [2.24, 2.45) is 0 Å². The fraction of sp³-hybridized carbons (Fsp3) is 0.263. The fourth-order valence-electron chi connectivity index (χ4n) is 2.58. The van der Waals surface area contributed by atoms with E-state index in [-0.39, 0.29) is 17.1 Å². The van der Waals surface area contributed by atoms with Crippen molar-refractivity contribution in [3.63, 3.8) is 0 Å². The molecule has 0 fully saturated rings. The van der Waals surface area contributed by atoms with Crippen molar-refractivity contribution < 1.29 is 33.0 Å². The average Bonchev–Trinajstić information content (AvgIpc) is 2.61. The van der Waals surface area contributed by atoms with Crippen molar-refractivity contribution in [1.29, 1.82) is 0 Å². The standard InChI is InChI=1S/C19H19F2NO5/c1-10-5-4-6-13(11(10)2)16(18(24)25)22-17(23)12-7-8-14(26-3)15(9-12)27-19(20)21/h4-9,16,19H,1-3H3,(H,22,23)(H,24,25). The Morgan fingerprint density at radius 1 is 1.11 bits per heavy atom. The van der Waals surface area contributed by atoms with Crippen LogP contribution in [0.1, 0.15) is 33.1 Å². The first-order valence-electron chi connectivity index (χ1n) is 7.97. The van der Waals surface area contributed by atoms with E-state index in [0.717, 1.165) is 17.2 Å². The Morgan fingerprint density at radius 3 is 2.41 bits per heavy atom. The number of ether oxygens (including phenoxy) is 2. The quantitative estimate of drug-likeness (QED) is 0.770. The van der Waals surface area contributed by atoms with Gasteiger partial charge in [-0.3, -0.25) is 4.79 Å². The molecule has 8 heteroatoms. The number of carboxylic acid groups (broad SMARTS) is 1. The second kappa shape index (κ2) is 8.48. The van der Waals surface area contributed by atoms with E-state index in [2.05, 4.69) is 10.1 Å². The highest BCUT2D eigenvalue weighted by Gasteiger charge is 2.25. The van der Waals surface area contributed by atoms with Gasteiger partial charge in [-0.25, -0.2) is 4.79 Å². The summed E-state index contributed by atoms with van der Waals surface area (Å²) in [6, 6.07) is 7.54. The SMILES string of the molecule is COc1ccc(C(=O)NC(C(=O)O)c2cccc(C)c2C)cc1OC(F)F. The third kappa shape index (κ3) is 4.72. The molecule has 1 unspecified atom stereocenters. The zero-order chi connectivity index (χ0) is 20.1. The highest BCUT2D eigenvalue weighted by Crippen LogP contribution is 2.30. The van der Waals surface area contributed by atoms with Gasteiger partial charge in [-0.1, -0.05) is 18.2 Å². The fourth-order valence-corrected chi connectivity index (χ4v) is 2.58. The molecular formula is C19H19F2NO5. The molecule has 0 saturated heterocycles. The Bertz CT molecular complexity index is 854. The highest BCUT2D eigenvalue weighted by atomic mass is 19.3. The number of halogens is 2. The van der Waals surface area contributed by atoms with Gasteiger partial charge >= 0.3 is 12.6 Å². The van der Waals surface area contributed by atoms with Gasteiger partial charge in [0.1, 0.15) is 0 Å². The van der Waals surface area contributed by atoms with Crippen molar-refractivity contribution in [1.82, 2.24) is 5.32 Å². The van der Waals surface area contributed by atoms with E-state index in [9.17, 15) is 23.5 Å². The number of hydrogen-bond acceptors (Lipinski definition) is 4. The highest BCUT2D eigenvalue weighted by molar-refractivity contribution is 5.97. The summed E-state index contributed by atoms with van der Waals surface area (Å²) in [5.41, 5.74) is 2.02. The number of benzene rings is 2. The summed E-state index contributed by atoms with van der Waals surface area (Å²) in [4.78, 5) is 24.2. The van der Waals surface area contributed by atoms with Crippen LogP contribution in [0.5, 0.6) is 11.5 Å². The maximum absolute atomic E-state index is 12.5. The van der Waals surface area contributed by atoms with Crippen LogP contribution in [-0.4, -0.2) is 30.7 Å². The molecule has 2 N–H and O–H groups in total. The van der Waals surface area contributed by atoms with Crippen LogP contribution in [0.25, 0.3) is 0 Å². The van der Waals surface area contributed by atoms with E-state index in [1.54, 1.807) is 19.1 Å². The number of amides is 1. The van der Waals surface area contributed by atoms with Crippen LogP contribution in [0.4, 0.5) is 8.78 Å². The number of methoxy groups -OCH3 is 1. The van der Waals surface area contributed by atoms with Gasteiger partial charge in [-0.2, -0.15) is 8.78 Å². The summed E-state index contributed by atoms with van der Waals surface area (Å²) < 4.78 is 34.3. The zero-order valence-electron chi connectivity index (χ0n) is 15.0. The number of carbonyl (C=O) groups is 2. The lowest BCUT2D eigenvalue weighted by Gasteiger charge is -2.19. The van der Waals surface area contributed by atoms with Gasteiger partial charge in [-0.05, 0) is 48.7 Å². The Balaban J connectivity index is 2.33. The van der Waals surface area contributed by atoms with Gasteiger partial charge in [0.05, 0.1) is 7.11 Å². The zero-order valence-corrected chi connectivity index (χ0v) is 15.0. The number of aliphatic carboxylic acids is 1. The third-order valence-electron chi connectivity index (χ3n) is 4.12. The third-order valence-corrected chi connectivity index (χ3v) is 4.12. The molecule has 0 radical (unpaired) electrons. The number of rotatable bonds is 7. The number of aryl methyl sites for hydroxylation is 1. The summed E-state index contributed by atoms with van der Waals surface area (Å²) in [6.45, 7) is 0.491. The van der Waals surface area contributed by atoms with Crippen LogP contribution in [0, 0.1) is 13.8 Å². The predicted molar refractivity (Wildman–Crippen MR) is 93.4 cm³/mol. The summed E-state index contributed by atoms with van der Waals surface area (Å²) in [6.07, 6.45) is 0. The summed E-state index contributed by atoms with van der Waals surface area (Å²) in [5.74, 6) is -2.28. The first-order valence-corrected chi connectivity index (χ1v) is 7.97. The van der Waals surface area contributed by atoms with Crippen molar-refractivity contribution in [2.45, 2.75) is 26.5 Å². The molecule has 0 aliphatic heterocycles. The van der Waals surface area contributed by atoms with Crippen LogP contribution in [0.3, 0.4) is 0 Å². The lowest BCUT2D eigenvalue weighted by molar-refractivity contribution is -0.139. The largest absolute Gasteiger partial charge is 0.493 e. The molecule has 0 saturated carbocycles. The van der Waals surface area contributed by atoms with Gasteiger partial charge in [0.25, 0.3) is 5.91 Å². The first kappa shape index (κ1) is 20.2. The Hall–Kier alpha value is -3.16. The number of hydrogen-bond donors (Lipinski definition) is 2. The predicted octanol–water partition coefficient (Wildman–Crippen LogP) is 3.47. The molecule has 0 spiro atoms. The summed E-state index contributed by atoms with van der Waals surface area (Å²) in [7, 11) is 1.27. The molecule has 0 aromatic heterocycles. The molecule has 0 heterocycles. The van der Waals surface area contributed by atoms with Crippen LogP contribution >= 0.6 is 0 Å². The second-order valence-electron chi connectivity index (χ2n) is 5.78. The summed E-state index contributed by atoms with van der Waals surface area (Å²) >= 11 is 0. The van der Waals surface area contributed by atoms with E-state index < -0.39 is 24.5 Å². The van der Waals surface area contributed by atoms with E-state index in [0.29, 0.717) is 5.56 Å². The summed E-state index contributed by atoms with van der Waals surface area (Å²) in [5, 5.41) is 11.9. The Labute approximate surface area is 154 Å². The minimum absolute atomic E-state index is 0.0242. The lowest BCUT2D eigenvalue weighted by Crippen LogP contribution is -2.34. The molecule has 0 aliphatic rings. The molecular weight excluding hydrogens is 360 g/mol. The van der Waals surface area contributed by atoms with E-state index >= 15 is 0 Å². The number of carbonyl (C=O) groups excluding carboxylic acids is 1. The molecule has 0 aliphatic carbocycles. The van der Waals surface area contributed by atoms with Gasteiger partial charge in [0, 0.05) is 5.56 Å². The molecule has 144 valence electrons. The average molecular weight is 379 g/mol. The molecule has 0 bridgehead atoms. The molecule has 6 nitrogen and oxygen atoms in total. The molecule has 2 aromatic rings. The van der Waals surface area contributed by atoms with Crippen LogP contribution < -0.4 is 14.8 Å². The molecule has 1 amide bonds. The maximum Gasteiger partial charge on any atom is 0.387 e. The van der Waals surface area contributed by atoms with Crippen LogP contribution in [-0.2, 0) is 4.79 Å². The second-order valence-corrected chi connectivity index (χ2v) is 5.78. The Kier molecular flexibility index (Phi) is 6.33. The number of carboxylic acids is 1. The van der Waals surface area contributed by atoms with Gasteiger partial charge < -0.3 is 19.9 Å². The van der Waals surface area contributed by atoms with Crippen molar-refractivity contribution >= 4 is 11.9 Å². The molecule has 2 rings (SSSR count). The van der Waals surface area contributed by atoms with Crippen LogP contribution in [0.15, 0.2) is 36.4 Å². The van der Waals surface area contributed by atoms with Gasteiger partial charge in [0.2, 0.25) is 0 Å². The normalized spacial score (nSPS) is 11.8. The number of nitrogens with one attached hydrogen (secondary N) is 1. The van der Waals surface area contributed by atoms with Gasteiger partial charge in [-0.15, -0.1) is 0 Å².